The molecule has 0 aliphatic heterocycles. The molecule has 4 heterocycles. The molecule has 1 aliphatic rings. The molecule has 1 aromatic carbocycles. The van der Waals surface area contributed by atoms with Gasteiger partial charge in [-0.05, 0) is 37.5 Å². The number of aliphatic hydroxyl groups excluding tert-OH is 3. The van der Waals surface area contributed by atoms with Crippen molar-refractivity contribution >= 4 is 33.3 Å². The van der Waals surface area contributed by atoms with Gasteiger partial charge in [-0.15, -0.1) is 11.3 Å². The number of aliphatic hydroxyl groups is 3. The number of pyridine rings is 1. The van der Waals surface area contributed by atoms with Crippen molar-refractivity contribution in [2.45, 2.75) is 52.0 Å². The number of hydrogen-bond acceptors (Lipinski definition) is 11. The van der Waals surface area contributed by atoms with E-state index in [-0.39, 0.29) is 20.1 Å². The van der Waals surface area contributed by atoms with Crippen molar-refractivity contribution in [3.05, 3.63) is 66.4 Å². The molecule has 0 saturated heterocycles. The number of nitrogens with one attached hydrogen (secondary N) is 2. The number of anilines is 2. The molecule has 12 heteroatoms. The van der Waals surface area contributed by atoms with Crippen LogP contribution in [0.4, 0.5) is 11.8 Å². The second kappa shape index (κ2) is 12.1. The molecule has 11 nitrogen and oxygen atoms in total. The van der Waals surface area contributed by atoms with Gasteiger partial charge in [-0.3, -0.25) is 9.67 Å². The number of nitrogens with zero attached hydrogens (tertiary/aromatic N) is 6. The Bertz CT molecular complexity index is 1640. The van der Waals surface area contributed by atoms with Crippen molar-refractivity contribution in [3.63, 3.8) is 0 Å². The van der Waals surface area contributed by atoms with Gasteiger partial charge in [-0.25, -0.2) is 9.97 Å². The molecule has 0 spiro atoms. The minimum Gasteiger partial charge on any atom is -0.396 e. The number of aromatic nitrogens is 6. The lowest BCUT2D eigenvalue weighted by Gasteiger charge is -2.22. The Kier molecular flexibility index (Phi) is 8.50. The molecule has 1 fully saturated rings. The Morgan fingerprint density at radius 1 is 1.05 bits per heavy atom. The van der Waals surface area contributed by atoms with E-state index in [1.165, 1.54) is 11.3 Å². The van der Waals surface area contributed by atoms with Crippen molar-refractivity contribution in [2.75, 3.05) is 17.2 Å². The normalized spacial score (nSPS) is 20.8. The zero-order valence-corrected chi connectivity index (χ0v) is 23.7. The fourth-order valence-corrected chi connectivity index (χ4v) is 6.35. The van der Waals surface area contributed by atoms with E-state index < -0.39 is 24.2 Å². The molecule has 5 N–H and O–H groups in total. The van der Waals surface area contributed by atoms with Gasteiger partial charge in [0.2, 0.25) is 5.95 Å². The van der Waals surface area contributed by atoms with E-state index in [1.807, 2.05) is 39.4 Å². The lowest BCUT2D eigenvalue weighted by molar-refractivity contribution is 0.00446. The molecule has 1 saturated carbocycles. The molecule has 5 aromatic rings. The number of fused-ring (bicyclic) bond motifs is 1. The van der Waals surface area contributed by atoms with Crippen molar-refractivity contribution < 1.29 is 15.3 Å². The Hall–Kier alpha value is -3.97. The third-order valence-electron chi connectivity index (χ3n) is 7.65. The molecule has 42 heavy (non-hydrogen) atoms. The largest absolute Gasteiger partial charge is 0.396 e. The number of aryl methyl sites for hydroxylation is 2. The first-order valence-electron chi connectivity index (χ1n) is 13.5. The average molecular weight is 589 g/mol. The van der Waals surface area contributed by atoms with Gasteiger partial charge in [0, 0.05) is 37.5 Å². The van der Waals surface area contributed by atoms with Crippen LogP contribution in [-0.4, -0.2) is 69.9 Å². The fraction of sp³-hybridized carbons (Fsp3) is 0.367. The van der Waals surface area contributed by atoms with Gasteiger partial charge in [-0.2, -0.15) is 10.1 Å². The summed E-state index contributed by atoms with van der Waals surface area (Å²) >= 11 is 1.51. The topological polar surface area (TPSA) is 154 Å². The fourth-order valence-electron chi connectivity index (χ4n) is 5.32. The van der Waals surface area contributed by atoms with Crippen LogP contribution in [0.1, 0.15) is 38.1 Å². The average Bonchev–Trinajstić information content (AvgIpc) is 3.66. The second-order valence-electron chi connectivity index (χ2n) is 10.5. The maximum absolute atomic E-state index is 10.7. The van der Waals surface area contributed by atoms with Crippen LogP contribution in [0.3, 0.4) is 0 Å². The first-order valence-corrected chi connectivity index (χ1v) is 14.3. The van der Waals surface area contributed by atoms with Crippen molar-refractivity contribution in [1.29, 1.82) is 0 Å². The number of hydrogen-bond donors (Lipinski definition) is 5. The predicted octanol–water partition coefficient (Wildman–Crippen LogP) is 4.18. The first-order chi connectivity index (χ1) is 19.8. The summed E-state index contributed by atoms with van der Waals surface area (Å²) in [5.74, 6) is 0.503. The van der Waals surface area contributed by atoms with E-state index in [2.05, 4.69) is 45.0 Å². The highest BCUT2D eigenvalue weighted by Crippen LogP contribution is 2.38. The van der Waals surface area contributed by atoms with Gasteiger partial charge in [0.05, 0.1) is 46.5 Å². The second-order valence-corrected chi connectivity index (χ2v) is 11.6. The van der Waals surface area contributed by atoms with Crippen LogP contribution in [0.2, 0.25) is 0 Å². The maximum atomic E-state index is 10.7. The summed E-state index contributed by atoms with van der Waals surface area (Å²) in [7, 11) is 1.90. The van der Waals surface area contributed by atoms with Crippen LogP contribution in [0.25, 0.3) is 31.9 Å². The zero-order valence-electron chi connectivity index (χ0n) is 22.9. The first kappa shape index (κ1) is 29.5. The van der Waals surface area contributed by atoms with E-state index in [4.69, 9.17) is 15.0 Å². The van der Waals surface area contributed by atoms with Crippen LogP contribution in [0.5, 0.6) is 0 Å². The lowest BCUT2D eigenvalue weighted by Crippen LogP contribution is -2.35. The van der Waals surface area contributed by atoms with E-state index in [0.29, 0.717) is 23.9 Å². The number of rotatable bonds is 8. The third-order valence-corrected chi connectivity index (χ3v) is 8.70. The molecule has 0 unspecified atom stereocenters. The quantitative estimate of drug-likeness (QED) is 0.178. The molecule has 0 radical (unpaired) electrons. The summed E-state index contributed by atoms with van der Waals surface area (Å²) in [6, 6.07) is 9.60. The summed E-state index contributed by atoms with van der Waals surface area (Å²) < 4.78 is 2.77. The summed E-state index contributed by atoms with van der Waals surface area (Å²) in [6.07, 6.45) is 5.60. The number of thiazole rings is 1. The molecule has 4 aromatic heterocycles. The summed E-state index contributed by atoms with van der Waals surface area (Å²) in [5.41, 5.74) is 5.42. The Labute approximate surface area is 248 Å². The predicted molar refractivity (Wildman–Crippen MR) is 165 cm³/mol. The number of benzene rings is 1. The van der Waals surface area contributed by atoms with Crippen LogP contribution in [0.15, 0.2) is 55.1 Å². The van der Waals surface area contributed by atoms with Gasteiger partial charge >= 0.3 is 0 Å². The van der Waals surface area contributed by atoms with Crippen LogP contribution in [0, 0.1) is 12.8 Å². The van der Waals surface area contributed by atoms with Crippen LogP contribution in [-0.2, 0) is 7.05 Å². The Balaban J connectivity index is 0.00000353. The van der Waals surface area contributed by atoms with Gasteiger partial charge in [0.15, 0.2) is 0 Å². The van der Waals surface area contributed by atoms with Gasteiger partial charge in [0.25, 0.3) is 0 Å². The van der Waals surface area contributed by atoms with Gasteiger partial charge < -0.3 is 26.0 Å². The standard InChI is InChI=1S/C29H32N8O3S.CH4/c1-15(17-4-6-18(7-5-17)20-11-31-37(3)13-20)32-29-33-16(2)24(28-35-22-12-30-9-8-23(22)41-28)27(36-29)34-21-10-19(14-38)25(39)26(21)40;/h4-9,11-13,15,19,21,25-26,38-40H,10,14H2,1-3H3,(H2,32,33,34,36);1H4/t15-,19-,21-,25-,26+;/m1./s1. The lowest BCUT2D eigenvalue weighted by atomic mass is 10.0. The van der Waals surface area contributed by atoms with Crippen molar-refractivity contribution in [2.24, 2.45) is 13.0 Å². The molecule has 1 aliphatic carbocycles. The Morgan fingerprint density at radius 2 is 1.83 bits per heavy atom. The summed E-state index contributed by atoms with van der Waals surface area (Å²) in [5, 5.41) is 42.6. The van der Waals surface area contributed by atoms with E-state index in [1.54, 1.807) is 17.1 Å². The van der Waals surface area contributed by atoms with Crippen LogP contribution >= 0.6 is 11.3 Å². The highest BCUT2D eigenvalue weighted by atomic mass is 32.1. The van der Waals surface area contributed by atoms with E-state index in [9.17, 15) is 15.3 Å². The third kappa shape index (κ3) is 5.71. The van der Waals surface area contributed by atoms with Crippen LogP contribution < -0.4 is 10.6 Å². The molecule has 0 amide bonds. The molecule has 6 rings (SSSR count). The molecular weight excluding hydrogens is 552 g/mol. The maximum Gasteiger partial charge on any atom is 0.225 e. The summed E-state index contributed by atoms with van der Waals surface area (Å²) in [4.78, 5) is 18.6. The highest BCUT2D eigenvalue weighted by Gasteiger charge is 2.41. The van der Waals surface area contributed by atoms with Gasteiger partial charge in [-0.1, -0.05) is 31.7 Å². The summed E-state index contributed by atoms with van der Waals surface area (Å²) in [6.45, 7) is 3.74. The SMILES string of the molecule is C.Cc1nc(N[C@H](C)c2ccc(-c3cnn(C)c3)cc2)nc(N[C@@H]2C[C@H](CO)[C@@H](O)[C@H]2O)c1-c1nc2cnccc2s1. The Morgan fingerprint density at radius 3 is 2.50 bits per heavy atom. The molecule has 220 valence electrons. The minimum absolute atomic E-state index is 0. The van der Waals surface area contributed by atoms with Crippen molar-refractivity contribution in [1.82, 2.24) is 29.7 Å². The minimum atomic E-state index is -1.05. The van der Waals surface area contributed by atoms with Crippen molar-refractivity contribution in [3.8, 4) is 21.7 Å². The molecule has 0 bridgehead atoms. The monoisotopic (exact) mass is 588 g/mol. The van der Waals surface area contributed by atoms with E-state index in [0.717, 1.165) is 37.5 Å². The molecule has 5 atom stereocenters. The van der Waals surface area contributed by atoms with E-state index >= 15 is 0 Å². The van der Waals surface area contributed by atoms with Gasteiger partial charge in [0.1, 0.15) is 22.4 Å². The zero-order chi connectivity index (χ0) is 28.7. The molecular formula is C30H36N8O3S. The smallest absolute Gasteiger partial charge is 0.225 e. The highest BCUT2D eigenvalue weighted by molar-refractivity contribution is 7.21.